The number of carbonyl (C=O) groups is 2. The van der Waals surface area contributed by atoms with Crippen molar-refractivity contribution in [1.82, 2.24) is 10.2 Å². The van der Waals surface area contributed by atoms with Crippen LogP contribution in [0.5, 0.6) is 0 Å². The Labute approximate surface area is 116 Å². The maximum Gasteiger partial charge on any atom is 0.237 e. The minimum atomic E-state index is -0.963. The molecule has 1 aliphatic heterocycles. The summed E-state index contributed by atoms with van der Waals surface area (Å²) in [6, 6.07) is 0. The van der Waals surface area contributed by atoms with Gasteiger partial charge in [-0.15, -0.1) is 0 Å². The van der Waals surface area contributed by atoms with Crippen molar-refractivity contribution < 1.29 is 9.59 Å². The number of nitrogens with one attached hydrogen (secondary N) is 1. The summed E-state index contributed by atoms with van der Waals surface area (Å²) in [5, 5.41) is 2.86. The highest BCUT2D eigenvalue weighted by molar-refractivity contribution is 6.04. The molecule has 0 radical (unpaired) electrons. The molecule has 0 aromatic rings. The van der Waals surface area contributed by atoms with Crippen LogP contribution in [0.25, 0.3) is 0 Å². The number of amides is 2. The number of carbonyl (C=O) groups excluding carboxylic acids is 2. The molecule has 1 N–H and O–H groups in total. The van der Waals surface area contributed by atoms with Crippen LogP contribution in [0.3, 0.4) is 0 Å². The van der Waals surface area contributed by atoms with E-state index in [1.54, 1.807) is 13.8 Å². The van der Waals surface area contributed by atoms with Gasteiger partial charge in [0, 0.05) is 19.6 Å². The zero-order chi connectivity index (χ0) is 14.6. The van der Waals surface area contributed by atoms with Crippen molar-refractivity contribution in [3.63, 3.8) is 0 Å². The van der Waals surface area contributed by atoms with Crippen molar-refractivity contribution in [2.75, 3.05) is 19.6 Å². The van der Waals surface area contributed by atoms with Crippen LogP contribution in [-0.2, 0) is 9.59 Å². The number of hydrogen-bond acceptors (Lipinski definition) is 2. The predicted molar refractivity (Wildman–Crippen MR) is 76.6 cm³/mol. The summed E-state index contributed by atoms with van der Waals surface area (Å²) in [7, 11) is 0. The van der Waals surface area contributed by atoms with E-state index in [2.05, 4.69) is 12.2 Å². The molecule has 0 unspecified atom stereocenters. The highest BCUT2D eigenvalue weighted by atomic mass is 16.2. The fourth-order valence-electron chi connectivity index (χ4n) is 2.22. The van der Waals surface area contributed by atoms with Crippen LogP contribution in [0.4, 0.5) is 0 Å². The SMILES string of the molecule is CC(C)CNC(=O)C(C)(C)C(=O)N1CCC(C)CC1. The Bertz CT molecular complexity index is 329. The topological polar surface area (TPSA) is 49.4 Å². The van der Waals surface area contributed by atoms with Crippen molar-refractivity contribution in [3.8, 4) is 0 Å². The van der Waals surface area contributed by atoms with E-state index in [-0.39, 0.29) is 11.8 Å². The predicted octanol–water partition coefficient (Wildman–Crippen LogP) is 2.04. The Morgan fingerprint density at radius 2 is 1.79 bits per heavy atom. The minimum absolute atomic E-state index is 0.0411. The third-order valence-electron chi connectivity index (χ3n) is 3.84. The summed E-state index contributed by atoms with van der Waals surface area (Å²) in [5.74, 6) is 0.873. The second-order valence-corrected chi connectivity index (χ2v) is 6.70. The molecule has 0 aromatic heterocycles. The lowest BCUT2D eigenvalue weighted by atomic mass is 9.88. The fraction of sp³-hybridized carbons (Fsp3) is 0.867. The molecule has 4 nitrogen and oxygen atoms in total. The first-order chi connectivity index (χ1) is 8.75. The van der Waals surface area contributed by atoms with Gasteiger partial charge < -0.3 is 10.2 Å². The minimum Gasteiger partial charge on any atom is -0.355 e. The van der Waals surface area contributed by atoms with Gasteiger partial charge in [-0.25, -0.2) is 0 Å². The maximum absolute atomic E-state index is 12.5. The molecule has 1 aliphatic rings. The monoisotopic (exact) mass is 268 g/mol. The zero-order valence-corrected chi connectivity index (χ0v) is 13.0. The summed E-state index contributed by atoms with van der Waals surface area (Å²) < 4.78 is 0. The summed E-state index contributed by atoms with van der Waals surface area (Å²) in [6.45, 7) is 11.9. The molecule has 0 aromatic carbocycles. The standard InChI is InChI=1S/C15H28N2O2/c1-11(2)10-16-13(18)15(4,5)14(19)17-8-6-12(3)7-9-17/h11-12H,6-10H2,1-5H3,(H,16,18). The number of rotatable bonds is 4. The third-order valence-corrected chi connectivity index (χ3v) is 3.84. The lowest BCUT2D eigenvalue weighted by Crippen LogP contribution is -2.51. The smallest absolute Gasteiger partial charge is 0.237 e. The molecule has 0 atom stereocenters. The lowest BCUT2D eigenvalue weighted by Gasteiger charge is -2.35. The van der Waals surface area contributed by atoms with Gasteiger partial charge >= 0.3 is 0 Å². The van der Waals surface area contributed by atoms with Crippen LogP contribution in [0.1, 0.15) is 47.5 Å². The second-order valence-electron chi connectivity index (χ2n) is 6.70. The molecule has 0 saturated carbocycles. The third kappa shape index (κ3) is 4.22. The molecular weight excluding hydrogens is 240 g/mol. The number of likely N-dealkylation sites (tertiary alicyclic amines) is 1. The molecule has 1 saturated heterocycles. The van der Waals surface area contributed by atoms with Crippen molar-refractivity contribution in [3.05, 3.63) is 0 Å². The normalized spacial score (nSPS) is 17.7. The van der Waals surface area contributed by atoms with E-state index in [1.807, 2.05) is 18.7 Å². The Balaban J connectivity index is 2.60. The highest BCUT2D eigenvalue weighted by Gasteiger charge is 2.39. The summed E-state index contributed by atoms with van der Waals surface area (Å²) in [6.07, 6.45) is 2.07. The second kappa shape index (κ2) is 6.40. The first-order valence-corrected chi connectivity index (χ1v) is 7.32. The Morgan fingerprint density at radius 1 is 1.26 bits per heavy atom. The van der Waals surface area contributed by atoms with Crippen LogP contribution in [0, 0.1) is 17.3 Å². The molecular formula is C15H28N2O2. The van der Waals surface area contributed by atoms with E-state index in [4.69, 9.17) is 0 Å². The summed E-state index contributed by atoms with van der Waals surface area (Å²) >= 11 is 0. The van der Waals surface area contributed by atoms with E-state index >= 15 is 0 Å². The van der Waals surface area contributed by atoms with E-state index in [9.17, 15) is 9.59 Å². The van der Waals surface area contributed by atoms with Crippen LogP contribution in [0.15, 0.2) is 0 Å². The van der Waals surface area contributed by atoms with Crippen LogP contribution in [0.2, 0.25) is 0 Å². The first kappa shape index (κ1) is 16.0. The molecule has 0 bridgehead atoms. The quantitative estimate of drug-likeness (QED) is 0.793. The van der Waals surface area contributed by atoms with E-state index in [1.165, 1.54) is 0 Å². The molecule has 1 rings (SSSR count). The zero-order valence-electron chi connectivity index (χ0n) is 13.0. The van der Waals surface area contributed by atoms with Gasteiger partial charge in [0.1, 0.15) is 5.41 Å². The molecule has 0 spiro atoms. The maximum atomic E-state index is 12.5. The molecule has 2 amide bonds. The lowest BCUT2D eigenvalue weighted by molar-refractivity contribution is -0.149. The molecule has 110 valence electrons. The summed E-state index contributed by atoms with van der Waals surface area (Å²) in [5.41, 5.74) is -0.963. The van der Waals surface area contributed by atoms with E-state index < -0.39 is 5.41 Å². The van der Waals surface area contributed by atoms with Crippen molar-refractivity contribution in [2.24, 2.45) is 17.3 Å². The molecule has 4 heteroatoms. The van der Waals surface area contributed by atoms with Crippen LogP contribution >= 0.6 is 0 Å². The fourth-order valence-corrected chi connectivity index (χ4v) is 2.22. The molecule has 1 fully saturated rings. The molecule has 19 heavy (non-hydrogen) atoms. The van der Waals surface area contributed by atoms with Gasteiger partial charge in [0.25, 0.3) is 0 Å². The van der Waals surface area contributed by atoms with Crippen molar-refractivity contribution in [1.29, 1.82) is 0 Å². The average Bonchev–Trinajstić information content (AvgIpc) is 2.35. The number of hydrogen-bond donors (Lipinski definition) is 1. The van der Waals surface area contributed by atoms with Crippen molar-refractivity contribution in [2.45, 2.75) is 47.5 Å². The van der Waals surface area contributed by atoms with Gasteiger partial charge in [0.15, 0.2) is 0 Å². The van der Waals surface area contributed by atoms with Gasteiger partial charge in [-0.1, -0.05) is 20.8 Å². The number of piperidine rings is 1. The highest BCUT2D eigenvalue weighted by Crippen LogP contribution is 2.24. The first-order valence-electron chi connectivity index (χ1n) is 7.32. The Hall–Kier alpha value is -1.06. The van der Waals surface area contributed by atoms with Gasteiger partial charge in [0.2, 0.25) is 11.8 Å². The molecule has 0 aliphatic carbocycles. The Morgan fingerprint density at radius 3 is 2.26 bits per heavy atom. The van der Waals surface area contributed by atoms with Gasteiger partial charge in [-0.3, -0.25) is 9.59 Å². The Kier molecular flexibility index (Phi) is 5.39. The van der Waals surface area contributed by atoms with Crippen LogP contribution in [-0.4, -0.2) is 36.3 Å². The van der Waals surface area contributed by atoms with Crippen LogP contribution < -0.4 is 5.32 Å². The largest absolute Gasteiger partial charge is 0.355 e. The number of nitrogens with zero attached hydrogens (tertiary/aromatic N) is 1. The van der Waals surface area contributed by atoms with Crippen molar-refractivity contribution >= 4 is 11.8 Å². The average molecular weight is 268 g/mol. The van der Waals surface area contributed by atoms with Gasteiger partial charge in [0.05, 0.1) is 0 Å². The van der Waals surface area contributed by atoms with Gasteiger partial charge in [-0.2, -0.15) is 0 Å². The van der Waals surface area contributed by atoms with E-state index in [0.29, 0.717) is 18.4 Å². The van der Waals surface area contributed by atoms with Gasteiger partial charge in [-0.05, 0) is 38.5 Å². The molecule has 1 heterocycles. The van der Waals surface area contributed by atoms with E-state index in [0.717, 1.165) is 25.9 Å². The summed E-state index contributed by atoms with van der Waals surface area (Å²) in [4.78, 5) is 26.5.